The van der Waals surface area contributed by atoms with Crippen LogP contribution in [0.1, 0.15) is 38.5 Å². The smallest absolute Gasteiger partial charge is 0.155 e. The maximum atomic E-state index is 11.2. The minimum Gasteiger partial charge on any atom is -0.370 e. The van der Waals surface area contributed by atoms with E-state index in [4.69, 9.17) is 4.74 Å². The van der Waals surface area contributed by atoms with E-state index >= 15 is 0 Å². The minimum atomic E-state index is 0.136. The van der Waals surface area contributed by atoms with Crippen molar-refractivity contribution < 1.29 is 23.3 Å². The second kappa shape index (κ2) is 13.8. The summed E-state index contributed by atoms with van der Waals surface area (Å²) in [5, 5.41) is 0. The van der Waals surface area contributed by atoms with Crippen molar-refractivity contribution in [2.24, 2.45) is 0 Å². The number of allylic oxidation sites excluding steroid dienone is 2. The van der Waals surface area contributed by atoms with Gasteiger partial charge in [0.15, 0.2) is 11.6 Å². The quantitative estimate of drug-likeness (QED) is 0.208. The van der Waals surface area contributed by atoms with Gasteiger partial charge in [0.2, 0.25) is 0 Å². The molecule has 156 valence electrons. The summed E-state index contributed by atoms with van der Waals surface area (Å²) in [5.41, 5.74) is 0. The monoisotopic (exact) mass is 382 g/mol. The van der Waals surface area contributed by atoms with Gasteiger partial charge in [0, 0.05) is 12.8 Å². The molecule has 0 aromatic rings. The highest BCUT2D eigenvalue weighted by Crippen LogP contribution is 2.06. The molecule has 0 aromatic heterocycles. The second-order valence-electron chi connectivity index (χ2n) is 8.63. The molecule has 5 heteroatoms. The molecule has 0 saturated heterocycles. The first-order chi connectivity index (χ1) is 12.6. The van der Waals surface area contributed by atoms with Gasteiger partial charge in [0.05, 0.1) is 54.5 Å². The summed E-state index contributed by atoms with van der Waals surface area (Å²) in [6.45, 7) is 12.6. The van der Waals surface area contributed by atoms with Gasteiger partial charge in [-0.2, -0.15) is 0 Å². The van der Waals surface area contributed by atoms with Crippen molar-refractivity contribution in [3.8, 4) is 0 Å². The van der Waals surface area contributed by atoms with Gasteiger partial charge in [0.1, 0.15) is 13.1 Å². The van der Waals surface area contributed by atoms with Crippen molar-refractivity contribution in [3.63, 3.8) is 0 Å². The van der Waals surface area contributed by atoms with E-state index in [9.17, 15) is 9.59 Å². The number of ether oxygens (including phenoxy) is 1. The zero-order chi connectivity index (χ0) is 20.8. The fourth-order valence-corrected chi connectivity index (χ4v) is 2.83. The first kappa shape index (κ1) is 25.7. The molecule has 0 spiro atoms. The van der Waals surface area contributed by atoms with Crippen LogP contribution < -0.4 is 0 Å². The van der Waals surface area contributed by atoms with E-state index < -0.39 is 0 Å². The molecule has 0 bridgehead atoms. The van der Waals surface area contributed by atoms with Crippen LogP contribution in [0, 0.1) is 0 Å². The first-order valence-corrected chi connectivity index (χ1v) is 10.1. The molecule has 0 aliphatic carbocycles. The van der Waals surface area contributed by atoms with Crippen LogP contribution in [0.3, 0.4) is 0 Å². The fraction of sp³-hybridized carbons (Fsp3) is 0.727. The summed E-state index contributed by atoms with van der Waals surface area (Å²) in [4.78, 5) is 22.4. The maximum Gasteiger partial charge on any atom is 0.155 e. The fourth-order valence-electron chi connectivity index (χ4n) is 2.83. The number of nitrogens with zero attached hydrogens (tertiary/aromatic N) is 2. The van der Waals surface area contributed by atoms with E-state index in [-0.39, 0.29) is 11.6 Å². The standard InChI is InChI=1S/C22H42N2O3/c1-7-21(25)13-9-11-15-23(3,4)17-19-27-20-18-24(5,6)16-12-10-14-22(26)8-2/h7-8H,1-2,9-20H2,3-6H3/q+2. The summed E-state index contributed by atoms with van der Waals surface area (Å²) >= 11 is 0. The lowest BCUT2D eigenvalue weighted by Gasteiger charge is -2.31. The van der Waals surface area contributed by atoms with Crippen LogP contribution in [0.5, 0.6) is 0 Å². The molecule has 27 heavy (non-hydrogen) atoms. The number of likely N-dealkylation sites (N-methyl/N-ethyl adjacent to an activating group) is 2. The van der Waals surface area contributed by atoms with Gasteiger partial charge < -0.3 is 13.7 Å². The highest BCUT2D eigenvalue weighted by Gasteiger charge is 2.17. The number of ketones is 2. The molecule has 0 rings (SSSR count). The van der Waals surface area contributed by atoms with Crippen LogP contribution in [0.15, 0.2) is 25.3 Å². The lowest BCUT2D eigenvalue weighted by Crippen LogP contribution is -2.45. The molecule has 5 nitrogen and oxygen atoms in total. The van der Waals surface area contributed by atoms with Gasteiger partial charge in [-0.15, -0.1) is 0 Å². The number of unbranched alkanes of at least 4 members (excludes halogenated alkanes) is 2. The third kappa shape index (κ3) is 15.5. The van der Waals surface area contributed by atoms with Gasteiger partial charge in [-0.05, 0) is 37.8 Å². The van der Waals surface area contributed by atoms with Crippen molar-refractivity contribution >= 4 is 11.6 Å². The molecule has 0 aliphatic heterocycles. The molecule has 0 atom stereocenters. The van der Waals surface area contributed by atoms with E-state index in [2.05, 4.69) is 41.3 Å². The Hall–Kier alpha value is -1.30. The maximum absolute atomic E-state index is 11.2. The first-order valence-electron chi connectivity index (χ1n) is 10.1. The molecule has 0 aromatic carbocycles. The molecule has 0 N–H and O–H groups in total. The third-order valence-corrected chi connectivity index (χ3v) is 5.01. The number of quaternary nitrogens is 2. The van der Waals surface area contributed by atoms with Crippen molar-refractivity contribution in [3.05, 3.63) is 25.3 Å². The Labute approximate surface area is 166 Å². The molecular formula is C22H42N2O3+2. The number of carbonyl (C=O) groups excluding carboxylic acids is 2. The number of carbonyl (C=O) groups is 2. The van der Waals surface area contributed by atoms with Crippen LogP contribution >= 0.6 is 0 Å². The summed E-state index contributed by atoms with van der Waals surface area (Å²) in [5.74, 6) is 0.272. The number of rotatable bonds is 18. The molecule has 0 heterocycles. The predicted octanol–water partition coefficient (Wildman–Crippen LogP) is 3.01. The third-order valence-electron chi connectivity index (χ3n) is 5.01. The highest BCUT2D eigenvalue weighted by molar-refractivity contribution is 5.89. The van der Waals surface area contributed by atoms with E-state index in [0.29, 0.717) is 12.8 Å². The number of hydrogen-bond donors (Lipinski definition) is 0. The van der Waals surface area contributed by atoms with E-state index in [0.717, 1.165) is 74.0 Å². The van der Waals surface area contributed by atoms with Gasteiger partial charge in [-0.25, -0.2) is 0 Å². The van der Waals surface area contributed by atoms with Crippen molar-refractivity contribution in [1.82, 2.24) is 0 Å². The molecule has 0 aliphatic rings. The topological polar surface area (TPSA) is 43.4 Å². The summed E-state index contributed by atoms with van der Waals surface area (Å²) in [6.07, 6.45) is 7.98. The average molecular weight is 383 g/mol. The van der Waals surface area contributed by atoms with Gasteiger partial charge in [-0.1, -0.05) is 13.2 Å². The Morgan fingerprint density at radius 1 is 0.704 bits per heavy atom. The SMILES string of the molecule is C=CC(=O)CCCC[N+](C)(C)CCOCC[N+](C)(C)CCCCC(=O)C=C. The molecule has 0 fully saturated rings. The predicted molar refractivity (Wildman–Crippen MR) is 113 cm³/mol. The lowest BCUT2D eigenvalue weighted by molar-refractivity contribution is -0.894. The van der Waals surface area contributed by atoms with Crippen LogP contribution in [0.4, 0.5) is 0 Å². The van der Waals surface area contributed by atoms with Gasteiger partial charge in [0.25, 0.3) is 0 Å². The normalized spacial score (nSPS) is 12.0. The Kier molecular flexibility index (Phi) is 13.1. The van der Waals surface area contributed by atoms with Gasteiger partial charge >= 0.3 is 0 Å². The van der Waals surface area contributed by atoms with Gasteiger partial charge in [-0.3, -0.25) is 9.59 Å². The van der Waals surface area contributed by atoms with Crippen LogP contribution in [-0.4, -0.2) is 88.1 Å². The second-order valence-corrected chi connectivity index (χ2v) is 8.63. The summed E-state index contributed by atoms with van der Waals surface area (Å²) in [6, 6.07) is 0. The van der Waals surface area contributed by atoms with E-state index in [1.807, 2.05) is 0 Å². The number of hydrogen-bond acceptors (Lipinski definition) is 3. The lowest BCUT2D eigenvalue weighted by atomic mass is 10.1. The summed E-state index contributed by atoms with van der Waals surface area (Å²) < 4.78 is 7.69. The molecule has 0 unspecified atom stereocenters. The van der Waals surface area contributed by atoms with Crippen LogP contribution in [0.2, 0.25) is 0 Å². The van der Waals surface area contributed by atoms with E-state index in [1.54, 1.807) is 0 Å². The Morgan fingerprint density at radius 2 is 1.07 bits per heavy atom. The Morgan fingerprint density at radius 3 is 1.41 bits per heavy atom. The molecule has 0 amide bonds. The summed E-state index contributed by atoms with van der Waals surface area (Å²) in [7, 11) is 8.85. The van der Waals surface area contributed by atoms with Crippen molar-refractivity contribution in [2.75, 3.05) is 67.6 Å². The van der Waals surface area contributed by atoms with E-state index in [1.165, 1.54) is 12.2 Å². The molecule has 0 saturated carbocycles. The Balaban J connectivity index is 3.79. The zero-order valence-electron chi connectivity index (χ0n) is 18.2. The highest BCUT2D eigenvalue weighted by atomic mass is 16.5. The largest absolute Gasteiger partial charge is 0.370 e. The molecular weight excluding hydrogens is 340 g/mol. The van der Waals surface area contributed by atoms with Crippen molar-refractivity contribution in [1.29, 1.82) is 0 Å². The average Bonchev–Trinajstić information content (AvgIpc) is 2.61. The van der Waals surface area contributed by atoms with Crippen LogP contribution in [-0.2, 0) is 14.3 Å². The zero-order valence-corrected chi connectivity index (χ0v) is 18.2. The van der Waals surface area contributed by atoms with Crippen molar-refractivity contribution in [2.45, 2.75) is 38.5 Å². The Bertz CT molecular complexity index is 428. The minimum absolute atomic E-state index is 0.136. The molecule has 0 radical (unpaired) electrons. The van der Waals surface area contributed by atoms with Crippen LogP contribution in [0.25, 0.3) is 0 Å².